The van der Waals surface area contributed by atoms with Gasteiger partial charge >= 0.3 is 0 Å². The highest BCUT2D eigenvalue weighted by Gasteiger charge is 2.32. The van der Waals surface area contributed by atoms with Crippen molar-refractivity contribution in [2.45, 2.75) is 38.8 Å². The standard InChI is InChI=1S/C20H25FN2O3S/c1-15(23(27(4,25)26)18-12-8-11-17(21)13-18)19(24)22-20(2,3)14-16-9-6-5-7-10-16/h5-13,15H,14H2,1-4H3,(H,22,24)/t15-/m0/s1. The van der Waals surface area contributed by atoms with Crippen LogP contribution in [-0.4, -0.2) is 32.2 Å². The van der Waals surface area contributed by atoms with Crippen molar-refractivity contribution < 1.29 is 17.6 Å². The minimum absolute atomic E-state index is 0.112. The topological polar surface area (TPSA) is 66.5 Å². The van der Waals surface area contributed by atoms with Gasteiger partial charge < -0.3 is 5.32 Å². The molecule has 0 radical (unpaired) electrons. The third kappa shape index (κ3) is 5.79. The monoisotopic (exact) mass is 392 g/mol. The van der Waals surface area contributed by atoms with Crippen LogP contribution in [0.25, 0.3) is 0 Å². The van der Waals surface area contributed by atoms with Gasteiger partial charge in [-0.05, 0) is 51.0 Å². The number of hydrogen-bond acceptors (Lipinski definition) is 3. The van der Waals surface area contributed by atoms with Gasteiger partial charge in [-0.2, -0.15) is 0 Å². The largest absolute Gasteiger partial charge is 0.349 e. The summed E-state index contributed by atoms with van der Waals surface area (Å²) in [5.41, 5.74) is 0.583. The predicted octanol–water partition coefficient (Wildman–Crippen LogP) is 3.12. The molecule has 1 atom stereocenters. The summed E-state index contributed by atoms with van der Waals surface area (Å²) in [6.07, 6.45) is 1.59. The van der Waals surface area contributed by atoms with Crippen LogP contribution in [0.3, 0.4) is 0 Å². The molecule has 5 nitrogen and oxygen atoms in total. The normalized spacial score (nSPS) is 13.1. The first-order valence-corrected chi connectivity index (χ1v) is 10.5. The zero-order valence-electron chi connectivity index (χ0n) is 15.9. The van der Waals surface area contributed by atoms with E-state index in [9.17, 15) is 17.6 Å². The summed E-state index contributed by atoms with van der Waals surface area (Å²) in [7, 11) is -3.79. The SMILES string of the molecule is C[C@@H](C(=O)NC(C)(C)Cc1ccccc1)N(c1cccc(F)c1)S(C)(=O)=O. The van der Waals surface area contributed by atoms with Gasteiger partial charge in [0.05, 0.1) is 11.9 Å². The second kappa shape index (κ2) is 8.08. The van der Waals surface area contributed by atoms with Gasteiger partial charge in [0.15, 0.2) is 0 Å². The van der Waals surface area contributed by atoms with E-state index >= 15 is 0 Å². The molecule has 0 bridgehead atoms. The van der Waals surface area contributed by atoms with Crippen LogP contribution in [0.1, 0.15) is 26.3 Å². The molecule has 146 valence electrons. The van der Waals surface area contributed by atoms with Gasteiger partial charge in [-0.3, -0.25) is 9.10 Å². The van der Waals surface area contributed by atoms with Crippen molar-refractivity contribution in [1.82, 2.24) is 5.32 Å². The number of amides is 1. The fourth-order valence-corrected chi connectivity index (χ4v) is 4.18. The molecule has 0 aliphatic carbocycles. The Labute approximate surface area is 160 Å². The van der Waals surface area contributed by atoms with Crippen molar-refractivity contribution in [1.29, 1.82) is 0 Å². The Kier molecular flexibility index (Phi) is 6.26. The summed E-state index contributed by atoms with van der Waals surface area (Å²) in [5.74, 6) is -1.02. The molecule has 27 heavy (non-hydrogen) atoms. The van der Waals surface area contributed by atoms with E-state index in [4.69, 9.17) is 0 Å². The van der Waals surface area contributed by atoms with Gasteiger partial charge in [0.1, 0.15) is 11.9 Å². The number of nitrogens with zero attached hydrogens (tertiary/aromatic N) is 1. The Morgan fingerprint density at radius 2 is 1.78 bits per heavy atom. The highest BCUT2D eigenvalue weighted by molar-refractivity contribution is 7.92. The summed E-state index contributed by atoms with van der Waals surface area (Å²) in [6, 6.07) is 13.8. The molecule has 0 saturated heterocycles. The number of nitrogens with one attached hydrogen (secondary N) is 1. The molecule has 0 unspecified atom stereocenters. The maximum atomic E-state index is 13.6. The van der Waals surface area contributed by atoms with Crippen molar-refractivity contribution in [3.05, 3.63) is 66.0 Å². The summed E-state index contributed by atoms with van der Waals surface area (Å²) in [4.78, 5) is 12.8. The van der Waals surface area contributed by atoms with Gasteiger partial charge in [0.2, 0.25) is 15.9 Å². The van der Waals surface area contributed by atoms with Crippen molar-refractivity contribution in [2.75, 3.05) is 10.6 Å². The molecular weight excluding hydrogens is 367 g/mol. The lowest BCUT2D eigenvalue weighted by atomic mass is 9.94. The molecule has 1 N–H and O–H groups in total. The predicted molar refractivity (Wildman–Crippen MR) is 106 cm³/mol. The van der Waals surface area contributed by atoms with E-state index in [-0.39, 0.29) is 5.69 Å². The molecule has 0 heterocycles. The number of rotatable bonds is 7. The third-order valence-electron chi connectivity index (χ3n) is 4.10. The van der Waals surface area contributed by atoms with Crippen LogP contribution in [0.5, 0.6) is 0 Å². The molecule has 0 aliphatic rings. The molecular formula is C20H25FN2O3S. The molecule has 0 aliphatic heterocycles. The van der Waals surface area contributed by atoms with Crippen LogP contribution >= 0.6 is 0 Å². The molecule has 0 fully saturated rings. The van der Waals surface area contributed by atoms with E-state index in [0.717, 1.165) is 22.2 Å². The quantitative estimate of drug-likeness (QED) is 0.787. The Bertz CT molecular complexity index is 898. The van der Waals surface area contributed by atoms with Gasteiger partial charge in [-0.25, -0.2) is 12.8 Å². The molecule has 2 aromatic carbocycles. The second-order valence-corrected chi connectivity index (χ2v) is 9.11. The molecule has 2 rings (SSSR count). The number of benzene rings is 2. The van der Waals surface area contributed by atoms with Gasteiger partial charge in [-0.15, -0.1) is 0 Å². The van der Waals surface area contributed by atoms with E-state index in [1.807, 2.05) is 44.2 Å². The number of sulfonamides is 1. The van der Waals surface area contributed by atoms with E-state index in [2.05, 4.69) is 5.32 Å². The van der Waals surface area contributed by atoms with Crippen molar-refractivity contribution >= 4 is 21.6 Å². The summed E-state index contributed by atoms with van der Waals surface area (Å²) < 4.78 is 39.0. The average Bonchev–Trinajstić information content (AvgIpc) is 2.53. The zero-order valence-corrected chi connectivity index (χ0v) is 16.8. The Balaban J connectivity index is 2.22. The van der Waals surface area contributed by atoms with Gasteiger partial charge in [0, 0.05) is 5.54 Å². The van der Waals surface area contributed by atoms with E-state index in [0.29, 0.717) is 6.42 Å². The van der Waals surface area contributed by atoms with Crippen LogP contribution in [-0.2, 0) is 21.2 Å². The smallest absolute Gasteiger partial charge is 0.244 e. The highest BCUT2D eigenvalue weighted by atomic mass is 32.2. The summed E-state index contributed by atoms with van der Waals surface area (Å²) >= 11 is 0. The van der Waals surface area contributed by atoms with E-state index < -0.39 is 33.3 Å². The van der Waals surface area contributed by atoms with Crippen LogP contribution in [0, 0.1) is 5.82 Å². The lowest BCUT2D eigenvalue weighted by Crippen LogP contribution is -2.54. The fourth-order valence-electron chi connectivity index (χ4n) is 3.01. The lowest BCUT2D eigenvalue weighted by Gasteiger charge is -2.32. The van der Waals surface area contributed by atoms with Crippen LogP contribution < -0.4 is 9.62 Å². The van der Waals surface area contributed by atoms with Crippen molar-refractivity contribution in [3.8, 4) is 0 Å². The Morgan fingerprint density at radius 3 is 2.33 bits per heavy atom. The number of carbonyl (C=O) groups excluding carboxylic acids is 1. The first-order chi connectivity index (χ1) is 12.5. The van der Waals surface area contributed by atoms with Crippen molar-refractivity contribution in [3.63, 3.8) is 0 Å². The first kappa shape index (κ1) is 20.9. The average molecular weight is 392 g/mol. The number of hydrogen-bond donors (Lipinski definition) is 1. The highest BCUT2D eigenvalue weighted by Crippen LogP contribution is 2.22. The zero-order chi connectivity index (χ0) is 20.2. The van der Waals surface area contributed by atoms with Gasteiger partial charge in [-0.1, -0.05) is 36.4 Å². The third-order valence-corrected chi connectivity index (χ3v) is 5.34. The maximum absolute atomic E-state index is 13.6. The summed E-state index contributed by atoms with van der Waals surface area (Å²) in [5, 5.41) is 2.90. The molecule has 0 saturated carbocycles. The molecule has 7 heteroatoms. The lowest BCUT2D eigenvalue weighted by molar-refractivity contribution is -0.123. The molecule has 2 aromatic rings. The molecule has 0 aromatic heterocycles. The van der Waals surface area contributed by atoms with E-state index in [1.54, 1.807) is 0 Å². The van der Waals surface area contributed by atoms with Crippen LogP contribution in [0.4, 0.5) is 10.1 Å². The van der Waals surface area contributed by atoms with Crippen LogP contribution in [0.15, 0.2) is 54.6 Å². The Morgan fingerprint density at radius 1 is 1.15 bits per heavy atom. The van der Waals surface area contributed by atoms with Crippen LogP contribution in [0.2, 0.25) is 0 Å². The molecule has 1 amide bonds. The number of anilines is 1. The first-order valence-electron chi connectivity index (χ1n) is 8.60. The summed E-state index contributed by atoms with van der Waals surface area (Å²) in [6.45, 7) is 5.23. The minimum atomic E-state index is -3.79. The van der Waals surface area contributed by atoms with E-state index in [1.165, 1.54) is 25.1 Å². The second-order valence-electron chi connectivity index (χ2n) is 7.25. The molecule has 0 spiro atoms. The number of carbonyl (C=O) groups is 1. The minimum Gasteiger partial charge on any atom is -0.349 e. The fraction of sp³-hybridized carbons (Fsp3) is 0.350. The maximum Gasteiger partial charge on any atom is 0.244 e. The number of halogens is 1. The van der Waals surface area contributed by atoms with Gasteiger partial charge in [0.25, 0.3) is 0 Å². The van der Waals surface area contributed by atoms with Crippen molar-refractivity contribution in [2.24, 2.45) is 0 Å². The Hall–Kier alpha value is -2.41.